The van der Waals surface area contributed by atoms with Crippen LogP contribution in [0, 0.1) is 0 Å². The van der Waals surface area contributed by atoms with Crippen LogP contribution in [0.1, 0.15) is 28.3 Å². The molecule has 2 aromatic carbocycles. The molecule has 0 saturated carbocycles. The summed E-state index contributed by atoms with van der Waals surface area (Å²) >= 11 is 0. The van der Waals surface area contributed by atoms with Gasteiger partial charge in [-0.25, -0.2) is 13.1 Å². The number of sulfonamides is 1. The van der Waals surface area contributed by atoms with Crippen molar-refractivity contribution in [2.24, 2.45) is 0 Å². The Labute approximate surface area is 174 Å². The standard InChI is InChI=1S/C19H18F6N2O3S/c1-27-17(13-5-7-14(8-6-13)18(20,21)22)16(11-30-27)31(28,29)26-10-12-3-2-4-15(9-12)19(23,24)25/h2-9,16-17,26H,10-11H2,1H3/t16-,17-/m1/s1. The van der Waals surface area contributed by atoms with Gasteiger partial charge in [0, 0.05) is 13.6 Å². The van der Waals surface area contributed by atoms with E-state index in [0.29, 0.717) is 5.56 Å². The Bertz CT molecular complexity index is 1020. The van der Waals surface area contributed by atoms with Crippen molar-refractivity contribution in [1.82, 2.24) is 9.79 Å². The number of benzene rings is 2. The van der Waals surface area contributed by atoms with Crippen molar-refractivity contribution in [1.29, 1.82) is 0 Å². The molecule has 12 heteroatoms. The number of nitrogens with one attached hydrogen (secondary N) is 1. The minimum atomic E-state index is -4.56. The van der Waals surface area contributed by atoms with Crippen molar-refractivity contribution in [3.63, 3.8) is 0 Å². The predicted molar refractivity (Wildman–Crippen MR) is 98.9 cm³/mol. The Morgan fingerprint density at radius 3 is 2.19 bits per heavy atom. The van der Waals surface area contributed by atoms with E-state index in [1.54, 1.807) is 0 Å². The lowest BCUT2D eigenvalue weighted by Gasteiger charge is -2.23. The number of nitrogens with zero attached hydrogens (tertiary/aromatic N) is 1. The fourth-order valence-corrected chi connectivity index (χ4v) is 4.79. The van der Waals surface area contributed by atoms with Gasteiger partial charge >= 0.3 is 12.4 Å². The van der Waals surface area contributed by atoms with Crippen molar-refractivity contribution < 1.29 is 39.6 Å². The molecule has 1 aliphatic rings. The molecule has 0 unspecified atom stereocenters. The Morgan fingerprint density at radius 2 is 1.61 bits per heavy atom. The number of alkyl halides is 6. The number of halogens is 6. The van der Waals surface area contributed by atoms with Gasteiger partial charge in [0.25, 0.3) is 0 Å². The fourth-order valence-electron chi connectivity index (χ4n) is 3.30. The lowest BCUT2D eigenvalue weighted by Crippen LogP contribution is -2.39. The summed E-state index contributed by atoms with van der Waals surface area (Å²) in [5, 5.41) is 0.0524. The SMILES string of the molecule is CN1OC[C@@H](S(=O)(=O)NCc2cccc(C(F)(F)F)c2)[C@H]1c1ccc(C(F)(F)F)cc1. The van der Waals surface area contributed by atoms with Gasteiger partial charge in [-0.1, -0.05) is 30.3 Å². The molecule has 0 spiro atoms. The molecule has 5 nitrogen and oxygen atoms in total. The first-order chi connectivity index (χ1) is 14.3. The van der Waals surface area contributed by atoms with E-state index in [9.17, 15) is 34.8 Å². The van der Waals surface area contributed by atoms with Crippen molar-refractivity contribution in [3.05, 3.63) is 70.8 Å². The zero-order chi connectivity index (χ0) is 23.0. The maximum Gasteiger partial charge on any atom is 0.416 e. The zero-order valence-corrected chi connectivity index (χ0v) is 16.9. The quantitative estimate of drug-likeness (QED) is 0.671. The topological polar surface area (TPSA) is 58.6 Å². The minimum absolute atomic E-state index is 0.108. The summed E-state index contributed by atoms with van der Waals surface area (Å²) < 4.78 is 105. The molecular formula is C19H18F6N2O3S. The van der Waals surface area contributed by atoms with Gasteiger partial charge in [0.15, 0.2) is 0 Å². The second-order valence-corrected chi connectivity index (χ2v) is 8.99. The molecule has 1 fully saturated rings. The van der Waals surface area contributed by atoms with Gasteiger partial charge in [-0.2, -0.15) is 31.4 Å². The molecule has 3 rings (SSSR count). The first kappa shape index (κ1) is 23.5. The third kappa shape index (κ3) is 5.37. The molecule has 1 heterocycles. The molecule has 0 aliphatic carbocycles. The third-order valence-electron chi connectivity index (χ3n) is 4.90. The average Bonchev–Trinajstić information content (AvgIpc) is 3.08. The summed E-state index contributed by atoms with van der Waals surface area (Å²) in [6.45, 7) is -0.647. The largest absolute Gasteiger partial charge is 0.416 e. The number of rotatable bonds is 5. The van der Waals surface area contributed by atoms with Crippen LogP contribution in [0.15, 0.2) is 48.5 Å². The Hall–Kier alpha value is -2.15. The van der Waals surface area contributed by atoms with Crippen molar-refractivity contribution in [3.8, 4) is 0 Å². The molecule has 0 amide bonds. The van der Waals surface area contributed by atoms with E-state index in [0.717, 1.165) is 24.3 Å². The molecule has 1 aliphatic heterocycles. The van der Waals surface area contributed by atoms with E-state index in [-0.39, 0.29) is 18.7 Å². The van der Waals surface area contributed by atoms with Crippen molar-refractivity contribution >= 4 is 10.0 Å². The lowest BCUT2D eigenvalue weighted by atomic mass is 10.0. The van der Waals surface area contributed by atoms with Crippen LogP contribution in [0.4, 0.5) is 26.3 Å². The summed E-state index contributed by atoms with van der Waals surface area (Å²) in [6.07, 6.45) is -9.10. The molecule has 31 heavy (non-hydrogen) atoms. The molecule has 2 atom stereocenters. The van der Waals surface area contributed by atoms with E-state index < -0.39 is 44.8 Å². The molecule has 0 bridgehead atoms. The molecule has 1 saturated heterocycles. The van der Waals surface area contributed by atoms with Crippen LogP contribution >= 0.6 is 0 Å². The molecule has 1 N–H and O–H groups in total. The second kappa shape index (κ2) is 8.41. The van der Waals surface area contributed by atoms with E-state index in [1.165, 1.54) is 36.4 Å². The van der Waals surface area contributed by atoms with Gasteiger partial charge < -0.3 is 0 Å². The van der Waals surface area contributed by atoms with Crippen LogP contribution in [0.2, 0.25) is 0 Å². The van der Waals surface area contributed by atoms with E-state index >= 15 is 0 Å². The summed E-state index contributed by atoms with van der Waals surface area (Å²) in [5.74, 6) is 0. The minimum Gasteiger partial charge on any atom is -0.297 e. The van der Waals surface area contributed by atoms with Crippen LogP contribution in [-0.4, -0.2) is 32.4 Å². The van der Waals surface area contributed by atoms with Gasteiger partial charge in [-0.3, -0.25) is 4.84 Å². The van der Waals surface area contributed by atoms with E-state index in [1.807, 2.05) is 0 Å². The number of hydroxylamine groups is 2. The van der Waals surface area contributed by atoms with Gasteiger partial charge in [-0.05, 0) is 29.3 Å². The second-order valence-electron chi connectivity index (χ2n) is 7.01. The Kier molecular flexibility index (Phi) is 6.38. The summed E-state index contributed by atoms with van der Waals surface area (Å²) in [6, 6.07) is 7.38. The van der Waals surface area contributed by atoms with Crippen LogP contribution in [0.5, 0.6) is 0 Å². The van der Waals surface area contributed by atoms with Gasteiger partial charge in [0.1, 0.15) is 5.25 Å². The van der Waals surface area contributed by atoms with Crippen molar-refractivity contribution in [2.75, 3.05) is 13.7 Å². The highest BCUT2D eigenvalue weighted by molar-refractivity contribution is 7.90. The normalized spacial score (nSPS) is 20.9. The first-order valence-electron chi connectivity index (χ1n) is 8.96. The summed E-state index contributed by atoms with van der Waals surface area (Å²) in [5.41, 5.74) is -1.38. The Morgan fingerprint density at radius 1 is 1.00 bits per heavy atom. The molecule has 2 aromatic rings. The number of hydrogen-bond acceptors (Lipinski definition) is 4. The van der Waals surface area contributed by atoms with Crippen LogP contribution in [0.3, 0.4) is 0 Å². The van der Waals surface area contributed by atoms with E-state index in [2.05, 4.69) is 4.72 Å². The molecular weight excluding hydrogens is 450 g/mol. The van der Waals surface area contributed by atoms with Crippen LogP contribution < -0.4 is 4.72 Å². The van der Waals surface area contributed by atoms with Crippen molar-refractivity contribution in [2.45, 2.75) is 30.2 Å². The molecule has 170 valence electrons. The summed E-state index contributed by atoms with van der Waals surface area (Å²) in [4.78, 5) is 5.28. The maximum absolute atomic E-state index is 12.8. The maximum atomic E-state index is 12.8. The lowest BCUT2D eigenvalue weighted by molar-refractivity contribution is -0.138. The monoisotopic (exact) mass is 468 g/mol. The van der Waals surface area contributed by atoms with Crippen LogP contribution in [-0.2, 0) is 33.8 Å². The predicted octanol–water partition coefficient (Wildman–Crippen LogP) is 4.13. The highest BCUT2D eigenvalue weighted by Gasteiger charge is 2.43. The number of hydrogen-bond donors (Lipinski definition) is 1. The zero-order valence-electron chi connectivity index (χ0n) is 16.0. The average molecular weight is 468 g/mol. The van der Waals surface area contributed by atoms with Crippen LogP contribution in [0.25, 0.3) is 0 Å². The van der Waals surface area contributed by atoms with Gasteiger partial charge in [0.2, 0.25) is 10.0 Å². The summed E-state index contributed by atoms with van der Waals surface area (Å²) in [7, 11) is -2.65. The van der Waals surface area contributed by atoms with E-state index in [4.69, 9.17) is 4.84 Å². The molecule has 0 radical (unpaired) electrons. The van der Waals surface area contributed by atoms with Gasteiger partial charge in [0.05, 0.1) is 23.8 Å². The third-order valence-corrected chi connectivity index (χ3v) is 6.63. The first-order valence-corrected chi connectivity index (χ1v) is 10.5. The molecule has 0 aromatic heterocycles. The van der Waals surface area contributed by atoms with Gasteiger partial charge in [-0.15, -0.1) is 0 Å². The highest BCUT2D eigenvalue weighted by atomic mass is 32.2. The highest BCUT2D eigenvalue weighted by Crippen LogP contribution is 2.36. The smallest absolute Gasteiger partial charge is 0.297 e. The Balaban J connectivity index is 1.78. The fraction of sp³-hybridized carbons (Fsp3) is 0.368.